The largest absolute Gasteiger partial charge is 0.392 e. The molecule has 0 aliphatic heterocycles. The molecule has 1 aromatic heterocycles. The van der Waals surface area contributed by atoms with Gasteiger partial charge in [-0.15, -0.1) is 0 Å². The van der Waals surface area contributed by atoms with Crippen LogP contribution in [0.2, 0.25) is 0 Å². The number of hydrogen-bond acceptors (Lipinski definition) is 2. The van der Waals surface area contributed by atoms with Crippen molar-refractivity contribution in [1.82, 2.24) is 4.98 Å². The molecule has 4 heteroatoms. The van der Waals surface area contributed by atoms with E-state index in [1.54, 1.807) is 0 Å². The zero-order chi connectivity index (χ0) is 11.5. The van der Waals surface area contributed by atoms with Crippen LogP contribution in [-0.2, 0) is 6.61 Å². The van der Waals surface area contributed by atoms with E-state index in [2.05, 4.69) is 4.98 Å². The van der Waals surface area contributed by atoms with E-state index < -0.39 is 11.8 Å². The minimum Gasteiger partial charge on any atom is -0.392 e. The number of benzene rings is 1. The average Bonchev–Trinajstić information content (AvgIpc) is 2.30. The van der Waals surface area contributed by atoms with Crippen LogP contribution in [0.25, 0.3) is 11.1 Å². The van der Waals surface area contributed by atoms with Crippen molar-refractivity contribution in [2.24, 2.45) is 0 Å². The van der Waals surface area contributed by atoms with Crippen molar-refractivity contribution in [1.29, 1.82) is 0 Å². The maximum Gasteiger partial charge on any atom is 0.212 e. The molecule has 0 unspecified atom stereocenters. The van der Waals surface area contributed by atoms with Gasteiger partial charge in [-0.2, -0.15) is 4.39 Å². The fraction of sp³-hybridized carbons (Fsp3) is 0.0833. The Balaban J connectivity index is 2.51. The van der Waals surface area contributed by atoms with Crippen LogP contribution in [0.5, 0.6) is 0 Å². The van der Waals surface area contributed by atoms with E-state index in [1.807, 2.05) is 0 Å². The van der Waals surface area contributed by atoms with Crippen LogP contribution in [0.15, 0.2) is 36.5 Å². The molecule has 0 radical (unpaired) electrons. The first-order valence-corrected chi connectivity index (χ1v) is 4.72. The zero-order valence-electron chi connectivity index (χ0n) is 8.32. The molecular formula is C12H9F2NO. The van der Waals surface area contributed by atoms with E-state index in [1.165, 1.54) is 36.5 Å². The third-order valence-corrected chi connectivity index (χ3v) is 2.28. The summed E-state index contributed by atoms with van der Waals surface area (Å²) in [5.41, 5.74) is 1.75. The molecule has 0 saturated heterocycles. The van der Waals surface area contributed by atoms with Crippen molar-refractivity contribution in [3.8, 4) is 11.1 Å². The molecule has 2 rings (SSSR count). The van der Waals surface area contributed by atoms with E-state index in [0.29, 0.717) is 16.7 Å². The predicted octanol–water partition coefficient (Wildman–Crippen LogP) is 2.52. The average molecular weight is 221 g/mol. The van der Waals surface area contributed by atoms with Crippen LogP contribution in [0.3, 0.4) is 0 Å². The molecule has 1 aromatic carbocycles. The lowest BCUT2D eigenvalue weighted by Crippen LogP contribution is -1.92. The van der Waals surface area contributed by atoms with Crippen molar-refractivity contribution in [2.45, 2.75) is 6.61 Å². The maximum absolute atomic E-state index is 12.9. The van der Waals surface area contributed by atoms with Crippen molar-refractivity contribution in [3.63, 3.8) is 0 Å². The van der Waals surface area contributed by atoms with Gasteiger partial charge in [0.15, 0.2) is 0 Å². The Bertz CT molecular complexity index is 497. The second kappa shape index (κ2) is 4.37. The van der Waals surface area contributed by atoms with Crippen LogP contribution in [0, 0.1) is 11.8 Å². The van der Waals surface area contributed by atoms with Crippen LogP contribution < -0.4 is 0 Å². The summed E-state index contributed by atoms with van der Waals surface area (Å²) >= 11 is 0. The fourth-order valence-corrected chi connectivity index (χ4v) is 1.51. The Morgan fingerprint density at radius 3 is 2.56 bits per heavy atom. The molecule has 0 bridgehead atoms. The molecule has 82 valence electrons. The Hall–Kier alpha value is -1.81. The van der Waals surface area contributed by atoms with Gasteiger partial charge in [-0.25, -0.2) is 9.37 Å². The summed E-state index contributed by atoms with van der Waals surface area (Å²) in [6.07, 6.45) is 1.35. The highest BCUT2D eigenvalue weighted by Gasteiger charge is 2.06. The fourth-order valence-electron chi connectivity index (χ4n) is 1.51. The molecule has 0 saturated carbocycles. The van der Waals surface area contributed by atoms with Gasteiger partial charge in [0, 0.05) is 11.8 Å². The number of hydrogen-bond donors (Lipinski definition) is 1. The van der Waals surface area contributed by atoms with Gasteiger partial charge in [-0.05, 0) is 35.4 Å². The van der Waals surface area contributed by atoms with E-state index in [9.17, 15) is 8.78 Å². The van der Waals surface area contributed by atoms with Crippen LogP contribution in [0.4, 0.5) is 8.78 Å². The quantitative estimate of drug-likeness (QED) is 0.790. The number of aliphatic hydroxyl groups is 1. The molecule has 0 spiro atoms. The molecule has 0 fully saturated rings. The molecule has 2 nitrogen and oxygen atoms in total. The summed E-state index contributed by atoms with van der Waals surface area (Å²) in [5, 5.41) is 9.10. The van der Waals surface area contributed by atoms with Gasteiger partial charge in [-0.3, -0.25) is 0 Å². The summed E-state index contributed by atoms with van der Waals surface area (Å²) in [6, 6.07) is 6.83. The Kier molecular flexibility index (Phi) is 2.92. The van der Waals surface area contributed by atoms with Crippen molar-refractivity contribution in [3.05, 3.63) is 53.9 Å². The lowest BCUT2D eigenvalue weighted by molar-refractivity contribution is 0.282. The Morgan fingerprint density at radius 2 is 1.94 bits per heavy atom. The van der Waals surface area contributed by atoms with Crippen molar-refractivity contribution >= 4 is 0 Å². The topological polar surface area (TPSA) is 33.1 Å². The lowest BCUT2D eigenvalue weighted by Gasteiger charge is -2.07. The number of aromatic nitrogens is 1. The van der Waals surface area contributed by atoms with Crippen LogP contribution in [-0.4, -0.2) is 10.1 Å². The summed E-state index contributed by atoms with van der Waals surface area (Å²) < 4.78 is 25.6. The number of pyridine rings is 1. The Morgan fingerprint density at radius 1 is 1.12 bits per heavy atom. The monoisotopic (exact) mass is 221 g/mol. The SMILES string of the molecule is OCc1cc(F)ccc1-c1ccc(F)nc1. The summed E-state index contributed by atoms with van der Waals surface area (Å²) in [7, 11) is 0. The van der Waals surface area contributed by atoms with Gasteiger partial charge in [0.1, 0.15) is 5.82 Å². The van der Waals surface area contributed by atoms with Gasteiger partial charge in [0.2, 0.25) is 5.95 Å². The molecule has 0 atom stereocenters. The number of nitrogens with zero attached hydrogens (tertiary/aromatic N) is 1. The Labute approximate surface area is 91.2 Å². The summed E-state index contributed by atoms with van der Waals surface area (Å²) in [6.45, 7) is -0.273. The van der Waals surface area contributed by atoms with E-state index >= 15 is 0 Å². The molecular weight excluding hydrogens is 212 g/mol. The third-order valence-electron chi connectivity index (χ3n) is 2.28. The highest BCUT2D eigenvalue weighted by atomic mass is 19.1. The molecule has 2 aromatic rings. The first-order chi connectivity index (χ1) is 7.70. The van der Waals surface area contributed by atoms with Crippen LogP contribution in [0.1, 0.15) is 5.56 Å². The van der Waals surface area contributed by atoms with E-state index in [-0.39, 0.29) is 6.61 Å². The van der Waals surface area contributed by atoms with Gasteiger partial charge in [0.25, 0.3) is 0 Å². The highest BCUT2D eigenvalue weighted by molar-refractivity contribution is 5.66. The minimum absolute atomic E-state index is 0.273. The number of aliphatic hydroxyl groups excluding tert-OH is 1. The second-order valence-corrected chi connectivity index (χ2v) is 3.33. The third kappa shape index (κ3) is 2.06. The number of halogens is 2. The predicted molar refractivity (Wildman–Crippen MR) is 55.5 cm³/mol. The molecule has 0 aliphatic carbocycles. The van der Waals surface area contributed by atoms with Crippen molar-refractivity contribution < 1.29 is 13.9 Å². The van der Waals surface area contributed by atoms with Gasteiger partial charge in [-0.1, -0.05) is 6.07 Å². The lowest BCUT2D eigenvalue weighted by atomic mass is 10.0. The maximum atomic E-state index is 12.9. The molecule has 16 heavy (non-hydrogen) atoms. The van der Waals surface area contributed by atoms with E-state index in [0.717, 1.165) is 0 Å². The molecule has 1 N–H and O–H groups in total. The minimum atomic E-state index is -0.573. The zero-order valence-corrected chi connectivity index (χ0v) is 8.32. The standard InChI is InChI=1S/C12H9F2NO/c13-10-2-3-11(9(5-10)7-16)8-1-4-12(14)15-6-8/h1-6,16H,7H2. The molecule has 0 amide bonds. The van der Waals surface area contributed by atoms with Gasteiger partial charge < -0.3 is 5.11 Å². The van der Waals surface area contributed by atoms with Gasteiger partial charge in [0.05, 0.1) is 6.61 Å². The van der Waals surface area contributed by atoms with E-state index in [4.69, 9.17) is 5.11 Å². The smallest absolute Gasteiger partial charge is 0.212 e. The normalized spacial score (nSPS) is 10.4. The second-order valence-electron chi connectivity index (χ2n) is 3.33. The van der Waals surface area contributed by atoms with Crippen LogP contribution >= 0.6 is 0 Å². The summed E-state index contributed by atoms with van der Waals surface area (Å²) in [5.74, 6) is -0.987. The molecule has 0 aliphatic rings. The van der Waals surface area contributed by atoms with Crippen molar-refractivity contribution in [2.75, 3.05) is 0 Å². The highest BCUT2D eigenvalue weighted by Crippen LogP contribution is 2.24. The van der Waals surface area contributed by atoms with Gasteiger partial charge >= 0.3 is 0 Å². The first-order valence-electron chi connectivity index (χ1n) is 4.72. The summed E-state index contributed by atoms with van der Waals surface area (Å²) in [4.78, 5) is 3.51. The number of rotatable bonds is 2. The molecule has 1 heterocycles. The first kappa shape index (κ1) is 10.7.